The number of aliphatic carboxylic acids is 1. The fourth-order valence-electron chi connectivity index (χ4n) is 1.00. The molecule has 0 saturated heterocycles. The van der Waals surface area contributed by atoms with E-state index in [1.165, 1.54) is 6.26 Å². The average Bonchev–Trinajstić information content (AvgIpc) is 2.32. The van der Waals surface area contributed by atoms with Gasteiger partial charge in [0.05, 0.1) is 18.2 Å². The molecular weight excluding hydrogens is 158 g/mol. The van der Waals surface area contributed by atoms with Crippen LogP contribution in [0, 0.1) is 0 Å². The van der Waals surface area contributed by atoms with Crippen LogP contribution in [0.4, 0.5) is 0 Å². The molecule has 0 spiro atoms. The fourth-order valence-corrected chi connectivity index (χ4v) is 1.00. The number of carboxylic acid groups (broad SMARTS) is 1. The molecule has 1 aromatic rings. The first-order valence-electron chi connectivity index (χ1n) is 3.57. The molecular formula is C8H11NO3. The number of furan rings is 1. The maximum Gasteiger partial charge on any atom is 0.305 e. The molecule has 12 heavy (non-hydrogen) atoms. The Labute approximate surface area is 70.0 Å². The van der Waals surface area contributed by atoms with Crippen LogP contribution in [0.1, 0.15) is 19.1 Å². The maximum absolute atomic E-state index is 10.4. The Balaban J connectivity index is 2.79. The summed E-state index contributed by atoms with van der Waals surface area (Å²) in [5, 5.41) is 8.53. The summed E-state index contributed by atoms with van der Waals surface area (Å²) >= 11 is 0. The first kappa shape index (κ1) is 8.80. The molecule has 66 valence electrons. The number of nitrogens with two attached hydrogens (primary N) is 1. The van der Waals surface area contributed by atoms with Crippen LogP contribution >= 0.6 is 0 Å². The van der Waals surface area contributed by atoms with Gasteiger partial charge in [0.1, 0.15) is 5.76 Å². The van der Waals surface area contributed by atoms with Gasteiger partial charge in [-0.05, 0) is 19.1 Å². The molecule has 1 aromatic heterocycles. The summed E-state index contributed by atoms with van der Waals surface area (Å²) in [5.41, 5.74) is 4.79. The van der Waals surface area contributed by atoms with Crippen molar-refractivity contribution in [3.05, 3.63) is 24.2 Å². The Morgan fingerprint density at radius 3 is 2.92 bits per heavy atom. The van der Waals surface area contributed by atoms with Crippen molar-refractivity contribution in [1.29, 1.82) is 0 Å². The lowest BCUT2D eigenvalue weighted by Crippen LogP contribution is -2.35. The van der Waals surface area contributed by atoms with Gasteiger partial charge in [-0.15, -0.1) is 0 Å². The standard InChI is InChI=1S/C8H11NO3/c1-8(9,5-7(10)11)6-3-2-4-12-6/h2-4H,5,9H2,1H3,(H,10,11)/t8-/m1/s1. The van der Waals surface area contributed by atoms with Crippen LogP contribution in [-0.4, -0.2) is 11.1 Å². The zero-order chi connectivity index (χ0) is 9.19. The molecule has 4 heteroatoms. The zero-order valence-corrected chi connectivity index (χ0v) is 6.78. The second-order valence-electron chi connectivity index (χ2n) is 2.97. The van der Waals surface area contributed by atoms with E-state index in [9.17, 15) is 4.79 Å². The van der Waals surface area contributed by atoms with Crippen LogP contribution in [-0.2, 0) is 10.3 Å². The van der Waals surface area contributed by atoms with Gasteiger partial charge in [-0.1, -0.05) is 0 Å². The molecule has 4 nitrogen and oxygen atoms in total. The van der Waals surface area contributed by atoms with Gasteiger partial charge in [-0.3, -0.25) is 4.79 Å². The second kappa shape index (κ2) is 2.98. The zero-order valence-electron chi connectivity index (χ0n) is 6.78. The third-order valence-electron chi connectivity index (χ3n) is 1.60. The van der Waals surface area contributed by atoms with Gasteiger partial charge >= 0.3 is 5.97 Å². The largest absolute Gasteiger partial charge is 0.481 e. The SMILES string of the molecule is C[C@@](N)(CC(=O)O)c1ccco1. The Hall–Kier alpha value is -1.29. The molecule has 0 aliphatic carbocycles. The maximum atomic E-state index is 10.4. The van der Waals surface area contributed by atoms with Crippen molar-refractivity contribution in [2.24, 2.45) is 5.73 Å². The fraction of sp³-hybridized carbons (Fsp3) is 0.375. The van der Waals surface area contributed by atoms with E-state index in [1.54, 1.807) is 19.1 Å². The topological polar surface area (TPSA) is 76.5 Å². The summed E-state index contributed by atoms with van der Waals surface area (Å²) in [6.07, 6.45) is 1.34. The molecule has 0 bridgehead atoms. The highest BCUT2D eigenvalue weighted by atomic mass is 16.4. The predicted molar refractivity (Wildman–Crippen MR) is 42.5 cm³/mol. The van der Waals surface area contributed by atoms with Crippen LogP contribution in [0.15, 0.2) is 22.8 Å². The van der Waals surface area contributed by atoms with Crippen LogP contribution in [0.2, 0.25) is 0 Å². The van der Waals surface area contributed by atoms with Crippen molar-refractivity contribution < 1.29 is 14.3 Å². The van der Waals surface area contributed by atoms with Crippen LogP contribution in [0.3, 0.4) is 0 Å². The monoisotopic (exact) mass is 169 g/mol. The van der Waals surface area contributed by atoms with E-state index < -0.39 is 11.5 Å². The second-order valence-corrected chi connectivity index (χ2v) is 2.97. The van der Waals surface area contributed by atoms with Crippen LogP contribution in [0.25, 0.3) is 0 Å². The Morgan fingerprint density at radius 1 is 1.83 bits per heavy atom. The normalized spacial score (nSPS) is 15.5. The first-order valence-corrected chi connectivity index (χ1v) is 3.57. The molecule has 0 amide bonds. The van der Waals surface area contributed by atoms with E-state index in [2.05, 4.69) is 0 Å². The van der Waals surface area contributed by atoms with E-state index in [0.29, 0.717) is 5.76 Å². The molecule has 0 aromatic carbocycles. The molecule has 0 unspecified atom stereocenters. The number of rotatable bonds is 3. The van der Waals surface area contributed by atoms with Gasteiger partial charge in [0.15, 0.2) is 0 Å². The molecule has 3 N–H and O–H groups in total. The lowest BCUT2D eigenvalue weighted by Gasteiger charge is -2.18. The van der Waals surface area contributed by atoms with E-state index in [0.717, 1.165) is 0 Å². The van der Waals surface area contributed by atoms with Gasteiger partial charge in [0.25, 0.3) is 0 Å². The summed E-state index contributed by atoms with van der Waals surface area (Å²) in [5.74, 6) is -0.443. The van der Waals surface area contributed by atoms with E-state index in [-0.39, 0.29) is 6.42 Å². The van der Waals surface area contributed by atoms with Gasteiger partial charge in [0.2, 0.25) is 0 Å². The molecule has 1 rings (SSSR count). The van der Waals surface area contributed by atoms with Crippen molar-refractivity contribution in [3.63, 3.8) is 0 Å². The summed E-state index contributed by atoms with van der Waals surface area (Å²) in [6, 6.07) is 3.35. The van der Waals surface area contributed by atoms with Crippen molar-refractivity contribution in [2.45, 2.75) is 18.9 Å². The van der Waals surface area contributed by atoms with E-state index >= 15 is 0 Å². The Kier molecular flexibility index (Phi) is 2.19. The number of carboxylic acids is 1. The van der Waals surface area contributed by atoms with Gasteiger partial charge < -0.3 is 15.3 Å². The lowest BCUT2D eigenvalue weighted by molar-refractivity contribution is -0.138. The van der Waals surface area contributed by atoms with Crippen molar-refractivity contribution in [1.82, 2.24) is 0 Å². The minimum absolute atomic E-state index is 0.138. The highest BCUT2D eigenvalue weighted by Gasteiger charge is 2.27. The smallest absolute Gasteiger partial charge is 0.305 e. The minimum Gasteiger partial charge on any atom is -0.481 e. The van der Waals surface area contributed by atoms with Gasteiger partial charge in [-0.2, -0.15) is 0 Å². The highest BCUT2D eigenvalue weighted by Crippen LogP contribution is 2.21. The summed E-state index contributed by atoms with van der Waals surface area (Å²) < 4.78 is 5.01. The van der Waals surface area contributed by atoms with Crippen LogP contribution in [0.5, 0.6) is 0 Å². The van der Waals surface area contributed by atoms with Crippen molar-refractivity contribution in [2.75, 3.05) is 0 Å². The molecule has 0 aliphatic rings. The third-order valence-corrected chi connectivity index (χ3v) is 1.60. The van der Waals surface area contributed by atoms with E-state index in [4.69, 9.17) is 15.3 Å². The molecule has 0 saturated carbocycles. The highest BCUT2D eigenvalue weighted by molar-refractivity contribution is 5.68. The quantitative estimate of drug-likeness (QED) is 0.705. The molecule has 0 fully saturated rings. The van der Waals surface area contributed by atoms with Crippen molar-refractivity contribution in [3.8, 4) is 0 Å². The van der Waals surface area contributed by atoms with Gasteiger partial charge in [0, 0.05) is 0 Å². The Morgan fingerprint density at radius 2 is 2.50 bits per heavy atom. The number of carbonyl (C=O) groups is 1. The summed E-state index contributed by atoms with van der Waals surface area (Å²) in [4.78, 5) is 10.4. The number of hydrogen-bond acceptors (Lipinski definition) is 3. The average molecular weight is 169 g/mol. The third kappa shape index (κ3) is 1.85. The Bertz CT molecular complexity index is 264. The minimum atomic E-state index is -0.934. The molecule has 0 aliphatic heterocycles. The first-order chi connectivity index (χ1) is 5.52. The summed E-state index contributed by atoms with van der Waals surface area (Å²) in [7, 11) is 0. The van der Waals surface area contributed by atoms with Crippen molar-refractivity contribution >= 4 is 5.97 Å². The van der Waals surface area contributed by atoms with E-state index in [1.807, 2.05) is 0 Å². The predicted octanol–water partition coefficient (Wildman–Crippen LogP) is 0.928. The van der Waals surface area contributed by atoms with Crippen LogP contribution < -0.4 is 5.73 Å². The molecule has 0 radical (unpaired) electrons. The molecule has 1 atom stereocenters. The van der Waals surface area contributed by atoms with Gasteiger partial charge in [-0.25, -0.2) is 0 Å². The lowest BCUT2D eigenvalue weighted by atomic mass is 9.96. The molecule has 1 heterocycles. The number of hydrogen-bond donors (Lipinski definition) is 2. The summed E-state index contributed by atoms with van der Waals surface area (Å²) in [6.45, 7) is 1.62.